The molecule has 6 heteroatoms. The molecule has 0 fully saturated rings. The van der Waals surface area contributed by atoms with Gasteiger partial charge in [-0.05, 0) is 29.8 Å². The number of allylic oxidation sites excluding steroid dienone is 1. The van der Waals surface area contributed by atoms with E-state index in [1.54, 1.807) is 35.4 Å². The third-order valence-electron chi connectivity index (χ3n) is 3.09. The van der Waals surface area contributed by atoms with Crippen LogP contribution < -0.4 is 5.73 Å². The maximum atomic E-state index is 12.9. The van der Waals surface area contributed by atoms with Crippen LogP contribution in [0.4, 0.5) is 4.39 Å². The average molecular weight is 272 g/mol. The smallest absolute Gasteiger partial charge is 0.263 e. The third-order valence-corrected chi connectivity index (χ3v) is 3.09. The number of amidine groups is 1. The van der Waals surface area contributed by atoms with Crippen molar-refractivity contribution in [3.8, 4) is 0 Å². The van der Waals surface area contributed by atoms with E-state index in [9.17, 15) is 9.18 Å². The Morgan fingerprint density at radius 1 is 1.25 bits per heavy atom. The summed E-state index contributed by atoms with van der Waals surface area (Å²) in [4.78, 5) is 13.7. The number of halogens is 1. The van der Waals surface area contributed by atoms with Gasteiger partial charge in [0.2, 0.25) is 0 Å². The van der Waals surface area contributed by atoms with Crippen molar-refractivity contribution in [2.45, 2.75) is 6.54 Å². The standard InChI is InChI=1S/C14H13FN4O/c15-11-3-1-10(2-4-11)7-19-14(20)9-18-8-12(16)5-6-13(18)17-19/h1-6,8H,7,9,16H2. The molecule has 0 aromatic heterocycles. The minimum Gasteiger partial charge on any atom is -0.398 e. The molecule has 20 heavy (non-hydrogen) atoms. The van der Waals surface area contributed by atoms with Crippen LogP contribution in [0.5, 0.6) is 0 Å². The van der Waals surface area contributed by atoms with Gasteiger partial charge in [-0.15, -0.1) is 0 Å². The van der Waals surface area contributed by atoms with Crippen LogP contribution in [0.25, 0.3) is 0 Å². The van der Waals surface area contributed by atoms with Crippen molar-refractivity contribution >= 4 is 11.7 Å². The first-order chi connectivity index (χ1) is 9.61. The van der Waals surface area contributed by atoms with Gasteiger partial charge in [-0.2, -0.15) is 5.10 Å². The fourth-order valence-electron chi connectivity index (χ4n) is 2.07. The predicted molar refractivity (Wildman–Crippen MR) is 72.5 cm³/mol. The summed E-state index contributed by atoms with van der Waals surface area (Å²) in [6.45, 7) is 0.522. The van der Waals surface area contributed by atoms with Crippen LogP contribution in [0.1, 0.15) is 5.56 Å². The molecule has 5 nitrogen and oxygen atoms in total. The van der Waals surface area contributed by atoms with Crippen molar-refractivity contribution in [2.75, 3.05) is 6.54 Å². The zero-order valence-electron chi connectivity index (χ0n) is 10.7. The molecule has 0 saturated heterocycles. The van der Waals surface area contributed by atoms with Gasteiger partial charge in [0.1, 0.15) is 12.4 Å². The highest BCUT2D eigenvalue weighted by Crippen LogP contribution is 2.15. The molecule has 0 radical (unpaired) electrons. The van der Waals surface area contributed by atoms with Crippen LogP contribution in [0.15, 0.2) is 53.4 Å². The molecule has 2 N–H and O–H groups in total. The number of benzene rings is 1. The van der Waals surface area contributed by atoms with Crippen molar-refractivity contribution in [3.63, 3.8) is 0 Å². The van der Waals surface area contributed by atoms with Crippen molar-refractivity contribution in [3.05, 3.63) is 59.7 Å². The lowest BCUT2D eigenvalue weighted by molar-refractivity contribution is -0.132. The van der Waals surface area contributed by atoms with Crippen LogP contribution in [0, 0.1) is 5.82 Å². The number of hydrogen-bond acceptors (Lipinski definition) is 4. The van der Waals surface area contributed by atoms with Crippen molar-refractivity contribution in [1.29, 1.82) is 0 Å². The number of nitrogens with zero attached hydrogens (tertiary/aromatic N) is 3. The van der Waals surface area contributed by atoms with Crippen LogP contribution in [0.2, 0.25) is 0 Å². The summed E-state index contributed by atoms with van der Waals surface area (Å²) in [6.07, 6.45) is 5.19. The lowest BCUT2D eigenvalue weighted by Gasteiger charge is -2.31. The Balaban J connectivity index is 1.81. The van der Waals surface area contributed by atoms with E-state index in [-0.39, 0.29) is 18.3 Å². The van der Waals surface area contributed by atoms with Crippen LogP contribution in [-0.2, 0) is 11.3 Å². The molecule has 2 aliphatic rings. The highest BCUT2D eigenvalue weighted by molar-refractivity contribution is 6.00. The highest BCUT2D eigenvalue weighted by atomic mass is 19.1. The zero-order valence-corrected chi connectivity index (χ0v) is 10.7. The molecule has 1 amide bonds. The lowest BCUT2D eigenvalue weighted by atomic mass is 10.2. The lowest BCUT2D eigenvalue weighted by Crippen LogP contribution is -2.45. The van der Waals surface area contributed by atoms with E-state index in [1.165, 1.54) is 17.1 Å². The average Bonchev–Trinajstić information content (AvgIpc) is 2.42. The summed E-state index contributed by atoms with van der Waals surface area (Å²) in [5, 5.41) is 5.67. The van der Waals surface area contributed by atoms with E-state index >= 15 is 0 Å². The van der Waals surface area contributed by atoms with Gasteiger partial charge in [0.25, 0.3) is 5.91 Å². The molecule has 1 aromatic rings. The van der Waals surface area contributed by atoms with Gasteiger partial charge in [0, 0.05) is 11.9 Å². The molecule has 2 heterocycles. The van der Waals surface area contributed by atoms with Gasteiger partial charge >= 0.3 is 0 Å². The molecule has 2 aliphatic heterocycles. The normalized spacial score (nSPS) is 17.8. The Kier molecular flexibility index (Phi) is 2.98. The van der Waals surface area contributed by atoms with Crippen molar-refractivity contribution in [2.24, 2.45) is 10.8 Å². The second-order valence-electron chi connectivity index (χ2n) is 4.63. The summed E-state index contributed by atoms with van der Waals surface area (Å²) >= 11 is 0. The Morgan fingerprint density at radius 2 is 2.00 bits per heavy atom. The van der Waals surface area contributed by atoms with Crippen molar-refractivity contribution in [1.82, 2.24) is 9.91 Å². The second kappa shape index (κ2) is 4.80. The largest absolute Gasteiger partial charge is 0.398 e. The van der Waals surface area contributed by atoms with E-state index in [0.29, 0.717) is 18.1 Å². The molecular weight excluding hydrogens is 259 g/mol. The summed E-state index contributed by atoms with van der Waals surface area (Å²) in [7, 11) is 0. The fourth-order valence-corrected chi connectivity index (χ4v) is 2.07. The van der Waals surface area contributed by atoms with Gasteiger partial charge in [0.05, 0.1) is 6.54 Å². The van der Waals surface area contributed by atoms with Crippen LogP contribution >= 0.6 is 0 Å². The zero-order chi connectivity index (χ0) is 14.1. The summed E-state index contributed by atoms with van der Waals surface area (Å²) in [5.41, 5.74) is 7.09. The number of carbonyl (C=O) groups excluding carboxylic acids is 1. The first kappa shape index (κ1) is 12.4. The fraction of sp³-hybridized carbons (Fsp3) is 0.143. The summed E-state index contributed by atoms with van der Waals surface area (Å²) in [6, 6.07) is 6.02. The Labute approximate surface area is 115 Å². The third kappa shape index (κ3) is 2.40. The van der Waals surface area contributed by atoms with Crippen LogP contribution in [-0.4, -0.2) is 28.2 Å². The van der Waals surface area contributed by atoms with Gasteiger partial charge < -0.3 is 10.6 Å². The van der Waals surface area contributed by atoms with E-state index < -0.39 is 0 Å². The summed E-state index contributed by atoms with van der Waals surface area (Å²) < 4.78 is 12.9. The molecule has 0 aliphatic carbocycles. The van der Waals surface area contributed by atoms with Gasteiger partial charge in [0.15, 0.2) is 5.84 Å². The molecule has 0 bridgehead atoms. The summed E-state index contributed by atoms with van der Waals surface area (Å²) in [5.74, 6) is 0.241. The first-order valence-electron chi connectivity index (χ1n) is 6.17. The van der Waals surface area contributed by atoms with E-state index in [1.807, 2.05) is 0 Å². The van der Waals surface area contributed by atoms with E-state index in [2.05, 4.69) is 5.10 Å². The molecule has 1 aromatic carbocycles. The van der Waals surface area contributed by atoms with Crippen molar-refractivity contribution < 1.29 is 9.18 Å². The maximum absolute atomic E-state index is 12.9. The van der Waals surface area contributed by atoms with Gasteiger partial charge in [-0.25, -0.2) is 9.40 Å². The minimum absolute atomic E-state index is 0.127. The number of rotatable bonds is 2. The predicted octanol–water partition coefficient (Wildman–Crippen LogP) is 1.15. The molecule has 0 saturated carbocycles. The number of hydrogen-bond donors (Lipinski definition) is 1. The van der Waals surface area contributed by atoms with E-state index in [0.717, 1.165) is 5.56 Å². The van der Waals surface area contributed by atoms with Crippen LogP contribution in [0.3, 0.4) is 0 Å². The quantitative estimate of drug-likeness (QED) is 0.878. The first-order valence-corrected chi connectivity index (χ1v) is 6.17. The topological polar surface area (TPSA) is 61.9 Å². The Bertz CT molecular complexity index is 633. The number of amides is 1. The molecule has 0 atom stereocenters. The maximum Gasteiger partial charge on any atom is 0.263 e. The second-order valence-corrected chi connectivity index (χ2v) is 4.63. The van der Waals surface area contributed by atoms with E-state index in [4.69, 9.17) is 5.73 Å². The van der Waals surface area contributed by atoms with Gasteiger partial charge in [-0.3, -0.25) is 4.79 Å². The number of nitrogens with two attached hydrogens (primary N) is 1. The Morgan fingerprint density at radius 3 is 2.75 bits per heavy atom. The number of carbonyl (C=O) groups is 1. The monoisotopic (exact) mass is 272 g/mol. The molecule has 3 rings (SSSR count). The molecular formula is C14H13FN4O. The highest BCUT2D eigenvalue weighted by Gasteiger charge is 2.25. The molecule has 102 valence electrons. The SMILES string of the molecule is NC1=CN2CC(=O)N(Cc3ccc(F)cc3)N=C2C=C1. The molecule has 0 spiro atoms. The number of hydrazone groups is 1. The Hall–Kier alpha value is -2.63. The van der Waals surface area contributed by atoms with Gasteiger partial charge in [-0.1, -0.05) is 12.1 Å². The molecule has 0 unspecified atom stereocenters. The number of fused-ring (bicyclic) bond motifs is 1. The minimum atomic E-state index is -0.299.